The van der Waals surface area contributed by atoms with Crippen molar-refractivity contribution in [3.05, 3.63) is 0 Å². The molecular formula is C11H21NO3. The Morgan fingerprint density at radius 3 is 2.93 bits per heavy atom. The molecule has 0 aromatic heterocycles. The number of aliphatic hydroxyl groups excluding tert-OH is 1. The van der Waals surface area contributed by atoms with Gasteiger partial charge in [0.2, 0.25) is 0 Å². The number of rotatable bonds is 5. The fourth-order valence-electron chi connectivity index (χ4n) is 2.34. The maximum absolute atomic E-state index is 10.6. The molecule has 0 amide bonds. The highest BCUT2D eigenvalue weighted by atomic mass is 16.4. The van der Waals surface area contributed by atoms with Crippen LogP contribution >= 0.6 is 0 Å². The van der Waals surface area contributed by atoms with Crippen molar-refractivity contribution in [2.75, 3.05) is 26.2 Å². The fraction of sp³-hybridized carbons (Fsp3) is 0.909. The molecule has 0 aliphatic carbocycles. The Morgan fingerprint density at radius 1 is 1.60 bits per heavy atom. The van der Waals surface area contributed by atoms with Crippen molar-refractivity contribution < 1.29 is 15.0 Å². The molecule has 2 N–H and O–H groups in total. The molecule has 0 aromatic carbocycles. The minimum Gasteiger partial charge on any atom is -0.481 e. The second-order valence-electron chi connectivity index (χ2n) is 4.50. The lowest BCUT2D eigenvalue weighted by Gasteiger charge is -2.35. The Labute approximate surface area is 90.9 Å². The van der Waals surface area contributed by atoms with Gasteiger partial charge in [-0.25, -0.2) is 0 Å². The van der Waals surface area contributed by atoms with Gasteiger partial charge < -0.3 is 15.1 Å². The lowest BCUT2D eigenvalue weighted by molar-refractivity contribution is -0.138. The first kappa shape index (κ1) is 12.5. The molecular weight excluding hydrogens is 194 g/mol. The van der Waals surface area contributed by atoms with E-state index in [0.717, 1.165) is 32.5 Å². The van der Waals surface area contributed by atoms with Gasteiger partial charge in [0.15, 0.2) is 0 Å². The van der Waals surface area contributed by atoms with Crippen LogP contribution in [-0.4, -0.2) is 47.3 Å². The van der Waals surface area contributed by atoms with Crippen LogP contribution in [0.4, 0.5) is 0 Å². The summed E-state index contributed by atoms with van der Waals surface area (Å²) in [5.41, 5.74) is 0. The number of hydrogen-bond acceptors (Lipinski definition) is 3. The summed E-state index contributed by atoms with van der Waals surface area (Å²) in [4.78, 5) is 12.8. The van der Waals surface area contributed by atoms with Gasteiger partial charge in [0.05, 0.1) is 6.61 Å². The number of likely N-dealkylation sites (tertiary alicyclic amines) is 1. The lowest BCUT2D eigenvalue weighted by Crippen LogP contribution is -2.39. The molecule has 1 aliphatic rings. The molecule has 1 saturated heterocycles. The number of nitrogens with zero attached hydrogens (tertiary/aromatic N) is 1. The quantitative estimate of drug-likeness (QED) is 0.712. The molecule has 2 atom stereocenters. The molecule has 4 nitrogen and oxygen atoms in total. The summed E-state index contributed by atoms with van der Waals surface area (Å²) < 4.78 is 0. The summed E-state index contributed by atoms with van der Waals surface area (Å²) >= 11 is 0. The molecule has 0 spiro atoms. The van der Waals surface area contributed by atoms with Crippen LogP contribution in [0, 0.1) is 11.8 Å². The van der Waals surface area contributed by atoms with E-state index < -0.39 is 5.97 Å². The van der Waals surface area contributed by atoms with E-state index in [4.69, 9.17) is 10.2 Å². The third-order valence-corrected chi connectivity index (χ3v) is 3.26. The second kappa shape index (κ2) is 6.08. The highest BCUT2D eigenvalue weighted by molar-refractivity contribution is 5.66. The molecule has 0 saturated carbocycles. The van der Waals surface area contributed by atoms with Crippen LogP contribution in [0.5, 0.6) is 0 Å². The van der Waals surface area contributed by atoms with Crippen LogP contribution < -0.4 is 0 Å². The van der Waals surface area contributed by atoms with E-state index in [0.29, 0.717) is 5.92 Å². The van der Waals surface area contributed by atoms with E-state index in [1.807, 2.05) is 6.92 Å². The molecule has 4 heteroatoms. The number of aliphatic carboxylic acids is 1. The summed E-state index contributed by atoms with van der Waals surface area (Å²) in [5.74, 6) is 0.00664. The van der Waals surface area contributed by atoms with Gasteiger partial charge in [-0.3, -0.25) is 4.79 Å². The molecule has 0 radical (unpaired) electrons. The van der Waals surface area contributed by atoms with Crippen molar-refractivity contribution in [3.63, 3.8) is 0 Å². The van der Waals surface area contributed by atoms with Crippen LogP contribution in [0.1, 0.15) is 26.2 Å². The van der Waals surface area contributed by atoms with E-state index in [1.165, 1.54) is 0 Å². The molecule has 1 fully saturated rings. The summed E-state index contributed by atoms with van der Waals surface area (Å²) in [5, 5.41) is 17.6. The molecule has 0 aromatic rings. The minimum atomic E-state index is -0.707. The molecule has 1 heterocycles. The van der Waals surface area contributed by atoms with E-state index in [9.17, 15) is 4.79 Å². The standard InChI is InChI=1S/C11H21NO3/c1-9(7-11(14)15)10-3-2-4-12(8-10)5-6-13/h9-10,13H,2-8H2,1H3,(H,14,15). The number of aliphatic hydroxyl groups is 1. The summed E-state index contributed by atoms with van der Waals surface area (Å²) in [7, 11) is 0. The minimum absolute atomic E-state index is 0.194. The smallest absolute Gasteiger partial charge is 0.303 e. The summed E-state index contributed by atoms with van der Waals surface area (Å²) in [6.45, 7) is 4.91. The highest BCUT2D eigenvalue weighted by Crippen LogP contribution is 2.25. The molecule has 2 unspecified atom stereocenters. The first-order chi connectivity index (χ1) is 7.13. The monoisotopic (exact) mass is 215 g/mol. The van der Waals surface area contributed by atoms with Gasteiger partial charge in [-0.05, 0) is 31.2 Å². The maximum Gasteiger partial charge on any atom is 0.303 e. The lowest BCUT2D eigenvalue weighted by atomic mass is 9.85. The predicted molar refractivity (Wildman–Crippen MR) is 57.7 cm³/mol. The van der Waals surface area contributed by atoms with Gasteiger partial charge in [-0.15, -0.1) is 0 Å². The van der Waals surface area contributed by atoms with E-state index in [2.05, 4.69) is 4.90 Å². The highest BCUT2D eigenvalue weighted by Gasteiger charge is 2.25. The first-order valence-corrected chi connectivity index (χ1v) is 5.68. The van der Waals surface area contributed by atoms with E-state index >= 15 is 0 Å². The normalized spacial score (nSPS) is 25.1. The van der Waals surface area contributed by atoms with Gasteiger partial charge in [-0.2, -0.15) is 0 Å². The van der Waals surface area contributed by atoms with Crippen LogP contribution in [0.15, 0.2) is 0 Å². The number of piperidine rings is 1. The Bertz CT molecular complexity index is 206. The van der Waals surface area contributed by atoms with Crippen LogP contribution in [0.3, 0.4) is 0 Å². The third kappa shape index (κ3) is 4.18. The Hall–Kier alpha value is -0.610. The molecule has 88 valence electrons. The molecule has 0 bridgehead atoms. The van der Waals surface area contributed by atoms with Crippen LogP contribution in [-0.2, 0) is 4.79 Å². The van der Waals surface area contributed by atoms with Crippen molar-refractivity contribution in [1.82, 2.24) is 4.90 Å². The maximum atomic E-state index is 10.6. The zero-order chi connectivity index (χ0) is 11.3. The van der Waals surface area contributed by atoms with Crippen molar-refractivity contribution in [2.24, 2.45) is 11.8 Å². The molecule has 15 heavy (non-hydrogen) atoms. The van der Waals surface area contributed by atoms with Gasteiger partial charge in [0.25, 0.3) is 0 Å². The van der Waals surface area contributed by atoms with Crippen molar-refractivity contribution >= 4 is 5.97 Å². The SMILES string of the molecule is CC(CC(=O)O)C1CCCN(CCO)C1. The number of carboxylic acids is 1. The zero-order valence-electron chi connectivity index (χ0n) is 9.35. The first-order valence-electron chi connectivity index (χ1n) is 5.68. The molecule has 1 rings (SSSR count). The number of carboxylic acid groups (broad SMARTS) is 1. The Morgan fingerprint density at radius 2 is 2.33 bits per heavy atom. The fourth-order valence-corrected chi connectivity index (χ4v) is 2.34. The Kier molecular flexibility index (Phi) is 5.05. The van der Waals surface area contributed by atoms with Gasteiger partial charge >= 0.3 is 5.97 Å². The van der Waals surface area contributed by atoms with Crippen molar-refractivity contribution in [3.8, 4) is 0 Å². The number of carbonyl (C=O) groups is 1. The van der Waals surface area contributed by atoms with Crippen molar-refractivity contribution in [1.29, 1.82) is 0 Å². The molecule has 1 aliphatic heterocycles. The van der Waals surface area contributed by atoms with E-state index in [-0.39, 0.29) is 18.9 Å². The summed E-state index contributed by atoms with van der Waals surface area (Å²) in [6.07, 6.45) is 2.50. The largest absolute Gasteiger partial charge is 0.481 e. The van der Waals surface area contributed by atoms with Gasteiger partial charge in [0, 0.05) is 19.5 Å². The van der Waals surface area contributed by atoms with Gasteiger partial charge in [-0.1, -0.05) is 6.92 Å². The average molecular weight is 215 g/mol. The summed E-state index contributed by atoms with van der Waals surface area (Å²) in [6, 6.07) is 0. The van der Waals surface area contributed by atoms with Crippen molar-refractivity contribution in [2.45, 2.75) is 26.2 Å². The van der Waals surface area contributed by atoms with E-state index in [1.54, 1.807) is 0 Å². The second-order valence-corrected chi connectivity index (χ2v) is 4.50. The third-order valence-electron chi connectivity index (χ3n) is 3.26. The van der Waals surface area contributed by atoms with Gasteiger partial charge in [0.1, 0.15) is 0 Å². The number of hydrogen-bond donors (Lipinski definition) is 2. The number of β-amino-alcohol motifs (C(OH)–C–C–N with tert-alkyl or cyclic N) is 1. The average Bonchev–Trinajstić information content (AvgIpc) is 2.17. The zero-order valence-corrected chi connectivity index (χ0v) is 9.35. The predicted octanol–water partition coefficient (Wildman–Crippen LogP) is 0.802. The Balaban J connectivity index is 2.37. The topological polar surface area (TPSA) is 60.8 Å². The van der Waals surface area contributed by atoms with Crippen LogP contribution in [0.25, 0.3) is 0 Å². The van der Waals surface area contributed by atoms with Crippen LogP contribution in [0.2, 0.25) is 0 Å².